The SMILES string of the molecule is CC(C)(C)C1CCc2nc3sc(C(=O)Nc4cc([N+](=O)[O-])ccc4Cl)c(N)c3cc2C1. The zero-order valence-corrected chi connectivity index (χ0v) is 19.1. The number of nitrogens with one attached hydrogen (secondary N) is 1. The van der Waals surface area contributed by atoms with E-state index in [9.17, 15) is 14.9 Å². The van der Waals surface area contributed by atoms with Crippen molar-refractivity contribution in [3.05, 3.63) is 55.5 Å². The number of carbonyl (C=O) groups excluding carboxylic acids is 1. The Labute approximate surface area is 188 Å². The average molecular weight is 459 g/mol. The summed E-state index contributed by atoms with van der Waals surface area (Å²) in [4.78, 5) is 29.2. The Morgan fingerprint density at radius 1 is 1.35 bits per heavy atom. The Hall–Kier alpha value is -2.71. The van der Waals surface area contributed by atoms with Gasteiger partial charge in [0.25, 0.3) is 11.6 Å². The number of pyridine rings is 1. The van der Waals surface area contributed by atoms with Gasteiger partial charge in [0, 0.05) is 23.2 Å². The molecule has 1 atom stereocenters. The number of anilines is 2. The maximum Gasteiger partial charge on any atom is 0.271 e. The van der Waals surface area contributed by atoms with Gasteiger partial charge in [0.15, 0.2) is 0 Å². The van der Waals surface area contributed by atoms with Crippen LogP contribution in [0.1, 0.15) is 48.1 Å². The predicted molar refractivity (Wildman–Crippen MR) is 125 cm³/mol. The molecule has 0 bridgehead atoms. The van der Waals surface area contributed by atoms with Crippen LogP contribution in [0.15, 0.2) is 24.3 Å². The minimum absolute atomic E-state index is 0.160. The second kappa shape index (κ2) is 7.76. The van der Waals surface area contributed by atoms with Gasteiger partial charge in [-0.05, 0) is 48.3 Å². The highest BCUT2D eigenvalue weighted by Crippen LogP contribution is 2.40. The number of nitro groups is 1. The van der Waals surface area contributed by atoms with Gasteiger partial charge in [-0.15, -0.1) is 11.3 Å². The van der Waals surface area contributed by atoms with E-state index in [4.69, 9.17) is 22.3 Å². The third-order valence-electron chi connectivity index (χ3n) is 5.93. The standard InChI is InChI=1S/C22H23ClN4O3S/c1-22(2,3)12-4-7-16-11(8-12)9-14-18(24)19(31-21(14)26-16)20(28)25-17-10-13(27(29)30)5-6-15(17)23/h5-6,9-10,12H,4,7-8,24H2,1-3H3,(H,25,28). The molecule has 0 spiro atoms. The summed E-state index contributed by atoms with van der Waals surface area (Å²) in [5, 5.41) is 14.7. The van der Waals surface area contributed by atoms with Crippen molar-refractivity contribution < 1.29 is 9.72 Å². The van der Waals surface area contributed by atoms with E-state index in [-0.39, 0.29) is 21.8 Å². The van der Waals surface area contributed by atoms with Gasteiger partial charge in [0.1, 0.15) is 9.71 Å². The molecule has 0 radical (unpaired) electrons. The lowest BCUT2D eigenvalue weighted by Crippen LogP contribution is -2.27. The minimum atomic E-state index is -0.543. The summed E-state index contributed by atoms with van der Waals surface area (Å²) < 4.78 is 0. The topological polar surface area (TPSA) is 111 Å². The van der Waals surface area contributed by atoms with Gasteiger partial charge in [-0.2, -0.15) is 0 Å². The van der Waals surface area contributed by atoms with Crippen molar-refractivity contribution in [2.45, 2.75) is 40.0 Å². The van der Waals surface area contributed by atoms with Gasteiger partial charge < -0.3 is 11.1 Å². The third kappa shape index (κ3) is 4.09. The maximum atomic E-state index is 12.9. The normalized spacial score (nSPS) is 16.2. The summed E-state index contributed by atoms with van der Waals surface area (Å²) in [5.41, 5.74) is 9.19. The molecule has 2 heterocycles. The molecule has 1 unspecified atom stereocenters. The van der Waals surface area contributed by atoms with E-state index in [1.807, 2.05) is 0 Å². The molecule has 0 saturated carbocycles. The fraction of sp³-hybridized carbons (Fsp3) is 0.364. The number of carbonyl (C=O) groups is 1. The van der Waals surface area contributed by atoms with E-state index in [0.29, 0.717) is 16.5 Å². The number of fused-ring (bicyclic) bond motifs is 2. The lowest BCUT2D eigenvalue weighted by molar-refractivity contribution is -0.384. The molecule has 1 aliphatic rings. The molecule has 31 heavy (non-hydrogen) atoms. The zero-order chi connectivity index (χ0) is 22.5. The highest BCUT2D eigenvalue weighted by Gasteiger charge is 2.30. The van der Waals surface area contributed by atoms with Gasteiger partial charge in [0.2, 0.25) is 0 Å². The smallest absolute Gasteiger partial charge is 0.271 e. The Kier molecular flexibility index (Phi) is 5.39. The summed E-state index contributed by atoms with van der Waals surface area (Å²) in [7, 11) is 0. The predicted octanol–water partition coefficient (Wildman–Crippen LogP) is 5.84. The van der Waals surface area contributed by atoms with Crippen LogP contribution in [0.3, 0.4) is 0 Å². The molecule has 3 N–H and O–H groups in total. The fourth-order valence-electron chi connectivity index (χ4n) is 4.00. The zero-order valence-electron chi connectivity index (χ0n) is 17.5. The van der Waals surface area contributed by atoms with Gasteiger partial charge >= 0.3 is 0 Å². The summed E-state index contributed by atoms with van der Waals surface area (Å²) in [6.45, 7) is 6.78. The number of hydrogen-bond donors (Lipinski definition) is 2. The Bertz CT molecular complexity index is 1220. The minimum Gasteiger partial charge on any atom is -0.397 e. The van der Waals surface area contributed by atoms with Crippen molar-refractivity contribution in [1.29, 1.82) is 0 Å². The molecule has 9 heteroatoms. The van der Waals surface area contributed by atoms with Crippen molar-refractivity contribution in [3.8, 4) is 0 Å². The van der Waals surface area contributed by atoms with Crippen molar-refractivity contribution >= 4 is 56.1 Å². The maximum absolute atomic E-state index is 12.9. The van der Waals surface area contributed by atoms with E-state index in [2.05, 4.69) is 32.2 Å². The number of nitrogen functional groups attached to an aromatic ring is 1. The highest BCUT2D eigenvalue weighted by molar-refractivity contribution is 7.21. The summed E-state index contributed by atoms with van der Waals surface area (Å²) in [6.07, 6.45) is 2.95. The molecule has 0 saturated heterocycles. The molecule has 0 fully saturated rings. The number of thiophene rings is 1. The summed E-state index contributed by atoms with van der Waals surface area (Å²) >= 11 is 7.33. The van der Waals surface area contributed by atoms with Crippen LogP contribution in [0.4, 0.5) is 17.1 Å². The molecule has 1 amide bonds. The number of non-ortho nitro benzene ring substituents is 1. The van der Waals surface area contributed by atoms with Crippen molar-refractivity contribution in [3.63, 3.8) is 0 Å². The van der Waals surface area contributed by atoms with Gasteiger partial charge in [-0.1, -0.05) is 32.4 Å². The number of hydrogen-bond acceptors (Lipinski definition) is 6. The van der Waals surface area contributed by atoms with E-state index in [1.165, 1.54) is 35.1 Å². The molecule has 7 nitrogen and oxygen atoms in total. The number of nitrogens with two attached hydrogens (primary N) is 1. The number of nitro benzene ring substituents is 1. The van der Waals surface area contributed by atoms with E-state index >= 15 is 0 Å². The first-order valence-corrected chi connectivity index (χ1v) is 11.2. The fourth-order valence-corrected chi connectivity index (χ4v) is 5.16. The molecular weight excluding hydrogens is 436 g/mol. The monoisotopic (exact) mass is 458 g/mol. The molecule has 2 aromatic heterocycles. The molecule has 4 rings (SSSR count). The Balaban J connectivity index is 1.67. The van der Waals surface area contributed by atoms with Crippen LogP contribution in [-0.4, -0.2) is 15.8 Å². The first-order chi connectivity index (χ1) is 14.5. The van der Waals surface area contributed by atoms with Crippen molar-refractivity contribution in [2.75, 3.05) is 11.1 Å². The van der Waals surface area contributed by atoms with E-state index < -0.39 is 10.8 Å². The second-order valence-corrected chi connectivity index (χ2v) is 10.4. The largest absolute Gasteiger partial charge is 0.397 e. The van der Waals surface area contributed by atoms with Crippen molar-refractivity contribution in [1.82, 2.24) is 4.98 Å². The Morgan fingerprint density at radius 2 is 2.10 bits per heavy atom. The van der Waals surface area contributed by atoms with Crippen LogP contribution in [0.5, 0.6) is 0 Å². The average Bonchev–Trinajstić information content (AvgIpc) is 3.02. The van der Waals surface area contributed by atoms with Crippen LogP contribution in [0.25, 0.3) is 10.2 Å². The molecule has 1 aliphatic carbocycles. The number of halogens is 1. The second-order valence-electron chi connectivity index (χ2n) is 8.97. The van der Waals surface area contributed by atoms with Crippen molar-refractivity contribution in [2.24, 2.45) is 11.3 Å². The summed E-state index contributed by atoms with van der Waals surface area (Å²) in [6, 6.07) is 5.96. The first kappa shape index (κ1) is 21.5. The number of rotatable bonds is 3. The number of amides is 1. The van der Waals surface area contributed by atoms with Crippen LogP contribution < -0.4 is 11.1 Å². The van der Waals surface area contributed by atoms with Gasteiger partial charge in [0.05, 0.1) is 21.3 Å². The lowest BCUT2D eigenvalue weighted by Gasteiger charge is -2.34. The number of nitrogens with zero attached hydrogens (tertiary/aromatic N) is 2. The van der Waals surface area contributed by atoms with Gasteiger partial charge in [-0.25, -0.2) is 4.98 Å². The number of aryl methyl sites for hydroxylation is 1. The molecule has 0 aliphatic heterocycles. The quantitative estimate of drug-likeness (QED) is 0.378. The molecular formula is C22H23ClN4O3S. The van der Waals surface area contributed by atoms with Gasteiger partial charge in [-0.3, -0.25) is 14.9 Å². The van der Waals surface area contributed by atoms with Crippen LogP contribution in [0, 0.1) is 21.4 Å². The highest BCUT2D eigenvalue weighted by atomic mass is 35.5. The lowest BCUT2D eigenvalue weighted by atomic mass is 9.71. The molecule has 1 aromatic carbocycles. The number of benzene rings is 1. The molecule has 3 aromatic rings. The molecule has 162 valence electrons. The first-order valence-electron chi connectivity index (χ1n) is 10.0. The van der Waals surface area contributed by atoms with Crippen LogP contribution in [0.2, 0.25) is 5.02 Å². The van der Waals surface area contributed by atoms with Crippen LogP contribution in [-0.2, 0) is 12.8 Å². The summed E-state index contributed by atoms with van der Waals surface area (Å²) in [5.74, 6) is 0.103. The number of aromatic nitrogens is 1. The van der Waals surface area contributed by atoms with E-state index in [0.717, 1.165) is 35.2 Å². The Morgan fingerprint density at radius 3 is 2.77 bits per heavy atom. The third-order valence-corrected chi connectivity index (χ3v) is 7.37. The van der Waals surface area contributed by atoms with E-state index in [1.54, 1.807) is 0 Å². The van der Waals surface area contributed by atoms with Crippen LogP contribution >= 0.6 is 22.9 Å².